The highest BCUT2D eigenvalue weighted by atomic mass is 16.4. The van der Waals surface area contributed by atoms with Crippen LogP contribution in [0.4, 0.5) is 0 Å². The van der Waals surface area contributed by atoms with Gasteiger partial charge in [-0.05, 0) is 12.1 Å². The number of aromatic carboxylic acids is 1. The molecule has 0 fully saturated rings. The summed E-state index contributed by atoms with van der Waals surface area (Å²) in [6.45, 7) is -0.542. The topological polar surface area (TPSA) is 96.6 Å². The van der Waals surface area contributed by atoms with Gasteiger partial charge in [0.25, 0.3) is 5.56 Å². The molecule has 0 saturated carbocycles. The minimum atomic E-state index is -1.37. The molecule has 0 radical (unpaired) electrons. The van der Waals surface area contributed by atoms with Gasteiger partial charge in [0.1, 0.15) is 12.1 Å². The number of carboxylic acid groups (broad SMARTS) is 2. The Labute approximate surface area is 78.0 Å². The standard InChI is InChI=1S/C8H7NO5/c10-6(11)4-9-3-1-2-5(7(9)12)8(13)14/h1-3H,4H2,(H,10,11)(H,13,14). The van der Waals surface area contributed by atoms with Crippen LogP contribution in [0.5, 0.6) is 0 Å². The second-order valence-electron chi connectivity index (χ2n) is 2.55. The summed E-state index contributed by atoms with van der Waals surface area (Å²) in [6, 6.07) is 2.44. The van der Waals surface area contributed by atoms with Crippen LogP contribution in [0.2, 0.25) is 0 Å². The summed E-state index contributed by atoms with van der Waals surface area (Å²) in [5, 5.41) is 17.0. The Morgan fingerprint density at radius 2 is 2.00 bits per heavy atom. The average Bonchev–Trinajstić information content (AvgIpc) is 2.07. The first-order valence-corrected chi connectivity index (χ1v) is 3.67. The molecule has 0 saturated heterocycles. The van der Waals surface area contributed by atoms with E-state index in [9.17, 15) is 14.4 Å². The molecule has 0 aliphatic heterocycles. The predicted octanol–water partition coefficient (Wildman–Crippen LogP) is -0.369. The summed E-state index contributed by atoms with van der Waals surface area (Å²) >= 11 is 0. The van der Waals surface area contributed by atoms with Gasteiger partial charge in [-0.15, -0.1) is 0 Å². The molecule has 14 heavy (non-hydrogen) atoms. The van der Waals surface area contributed by atoms with E-state index in [0.717, 1.165) is 10.6 Å². The summed E-state index contributed by atoms with van der Waals surface area (Å²) in [5.74, 6) is -2.57. The second kappa shape index (κ2) is 3.73. The fourth-order valence-corrected chi connectivity index (χ4v) is 0.970. The van der Waals surface area contributed by atoms with Crippen LogP contribution in [-0.4, -0.2) is 26.7 Å². The molecule has 1 aromatic rings. The first-order chi connectivity index (χ1) is 6.52. The van der Waals surface area contributed by atoms with Crippen LogP contribution < -0.4 is 5.56 Å². The smallest absolute Gasteiger partial charge is 0.341 e. The first kappa shape index (κ1) is 9.97. The third-order valence-electron chi connectivity index (χ3n) is 1.56. The van der Waals surface area contributed by atoms with Gasteiger partial charge >= 0.3 is 11.9 Å². The lowest BCUT2D eigenvalue weighted by Gasteiger charge is -2.01. The molecule has 1 rings (SSSR count). The molecule has 0 spiro atoms. The van der Waals surface area contributed by atoms with Crippen molar-refractivity contribution in [2.75, 3.05) is 0 Å². The molecule has 1 aromatic heterocycles. The van der Waals surface area contributed by atoms with Crippen molar-refractivity contribution in [2.24, 2.45) is 0 Å². The molecule has 0 aliphatic carbocycles. The van der Waals surface area contributed by atoms with Crippen LogP contribution in [0.25, 0.3) is 0 Å². The number of aromatic nitrogens is 1. The first-order valence-electron chi connectivity index (χ1n) is 3.67. The van der Waals surface area contributed by atoms with Crippen LogP contribution in [0.1, 0.15) is 10.4 Å². The zero-order valence-corrected chi connectivity index (χ0v) is 7.01. The van der Waals surface area contributed by atoms with Crippen molar-refractivity contribution in [1.82, 2.24) is 4.57 Å². The lowest BCUT2D eigenvalue weighted by Crippen LogP contribution is -2.28. The summed E-state index contributed by atoms with van der Waals surface area (Å²) < 4.78 is 0.825. The van der Waals surface area contributed by atoms with E-state index in [0.29, 0.717) is 0 Å². The Kier molecular flexibility index (Phi) is 2.66. The van der Waals surface area contributed by atoms with Gasteiger partial charge in [-0.3, -0.25) is 9.59 Å². The van der Waals surface area contributed by atoms with E-state index in [1.165, 1.54) is 12.3 Å². The van der Waals surface area contributed by atoms with E-state index in [1.807, 2.05) is 0 Å². The molecule has 6 nitrogen and oxygen atoms in total. The Balaban J connectivity index is 3.21. The molecule has 0 amide bonds. The number of rotatable bonds is 3. The van der Waals surface area contributed by atoms with E-state index in [2.05, 4.69) is 0 Å². The Hall–Kier alpha value is -2.11. The number of hydrogen-bond acceptors (Lipinski definition) is 3. The molecule has 0 bridgehead atoms. The van der Waals surface area contributed by atoms with Gasteiger partial charge in [0, 0.05) is 6.20 Å². The zero-order chi connectivity index (χ0) is 10.7. The lowest BCUT2D eigenvalue weighted by molar-refractivity contribution is -0.137. The SMILES string of the molecule is O=C(O)Cn1cccc(C(=O)O)c1=O. The van der Waals surface area contributed by atoms with Crippen molar-refractivity contribution in [2.45, 2.75) is 6.54 Å². The maximum atomic E-state index is 11.3. The summed E-state index contributed by atoms with van der Waals surface area (Å²) in [4.78, 5) is 32.1. The van der Waals surface area contributed by atoms with E-state index in [1.54, 1.807) is 0 Å². The third-order valence-corrected chi connectivity index (χ3v) is 1.56. The van der Waals surface area contributed by atoms with Crippen molar-refractivity contribution >= 4 is 11.9 Å². The Morgan fingerprint density at radius 1 is 1.36 bits per heavy atom. The van der Waals surface area contributed by atoms with Gasteiger partial charge in [-0.1, -0.05) is 0 Å². The largest absolute Gasteiger partial charge is 0.480 e. The van der Waals surface area contributed by atoms with Gasteiger partial charge in [-0.25, -0.2) is 4.79 Å². The molecule has 0 aromatic carbocycles. The molecule has 6 heteroatoms. The molecule has 0 aliphatic rings. The number of hydrogen-bond donors (Lipinski definition) is 2. The fourth-order valence-electron chi connectivity index (χ4n) is 0.970. The van der Waals surface area contributed by atoms with Crippen LogP contribution in [-0.2, 0) is 11.3 Å². The highest BCUT2D eigenvalue weighted by molar-refractivity contribution is 5.87. The van der Waals surface area contributed by atoms with Gasteiger partial charge in [0.05, 0.1) is 0 Å². The number of carbonyl (C=O) groups is 2. The van der Waals surface area contributed by atoms with E-state index < -0.39 is 29.6 Å². The fraction of sp³-hybridized carbons (Fsp3) is 0.125. The number of carboxylic acids is 2. The highest BCUT2D eigenvalue weighted by Crippen LogP contribution is 1.91. The molecule has 1 heterocycles. The highest BCUT2D eigenvalue weighted by Gasteiger charge is 2.11. The zero-order valence-electron chi connectivity index (χ0n) is 7.01. The van der Waals surface area contributed by atoms with Crippen molar-refractivity contribution in [3.8, 4) is 0 Å². The van der Waals surface area contributed by atoms with Crippen LogP contribution in [0, 0.1) is 0 Å². The minimum absolute atomic E-state index is 0.436. The van der Waals surface area contributed by atoms with Gasteiger partial charge in [0.2, 0.25) is 0 Å². The van der Waals surface area contributed by atoms with Gasteiger partial charge < -0.3 is 14.8 Å². The van der Waals surface area contributed by atoms with Crippen LogP contribution in [0.3, 0.4) is 0 Å². The Bertz CT molecular complexity index is 434. The molecular weight excluding hydrogens is 190 g/mol. The van der Waals surface area contributed by atoms with Gasteiger partial charge in [0.15, 0.2) is 0 Å². The predicted molar refractivity (Wildman–Crippen MR) is 45.3 cm³/mol. The molecular formula is C8H7NO5. The lowest BCUT2D eigenvalue weighted by atomic mass is 10.3. The molecule has 0 atom stereocenters. The van der Waals surface area contributed by atoms with Crippen molar-refractivity contribution < 1.29 is 19.8 Å². The maximum absolute atomic E-state index is 11.3. The minimum Gasteiger partial charge on any atom is -0.480 e. The van der Waals surface area contributed by atoms with Crippen molar-refractivity contribution in [3.05, 3.63) is 34.2 Å². The Morgan fingerprint density at radius 3 is 2.50 bits per heavy atom. The van der Waals surface area contributed by atoms with Crippen molar-refractivity contribution in [1.29, 1.82) is 0 Å². The monoisotopic (exact) mass is 197 g/mol. The molecule has 2 N–H and O–H groups in total. The number of aliphatic carboxylic acids is 1. The van der Waals surface area contributed by atoms with Crippen molar-refractivity contribution in [3.63, 3.8) is 0 Å². The number of nitrogens with zero attached hydrogens (tertiary/aromatic N) is 1. The second-order valence-corrected chi connectivity index (χ2v) is 2.55. The van der Waals surface area contributed by atoms with Gasteiger partial charge in [-0.2, -0.15) is 0 Å². The number of pyridine rings is 1. The van der Waals surface area contributed by atoms with E-state index in [4.69, 9.17) is 10.2 Å². The van der Waals surface area contributed by atoms with Crippen LogP contribution in [0.15, 0.2) is 23.1 Å². The van der Waals surface area contributed by atoms with E-state index >= 15 is 0 Å². The third kappa shape index (κ3) is 1.98. The maximum Gasteiger partial charge on any atom is 0.341 e. The summed E-state index contributed by atoms with van der Waals surface area (Å²) in [5.41, 5.74) is -1.25. The quantitative estimate of drug-likeness (QED) is 0.689. The van der Waals surface area contributed by atoms with Crippen LogP contribution >= 0.6 is 0 Å². The summed E-state index contributed by atoms with van der Waals surface area (Å²) in [6.07, 6.45) is 1.23. The van der Waals surface area contributed by atoms with E-state index in [-0.39, 0.29) is 0 Å². The summed E-state index contributed by atoms with van der Waals surface area (Å²) in [7, 11) is 0. The molecule has 0 unspecified atom stereocenters. The average molecular weight is 197 g/mol. The molecule has 74 valence electrons. The normalized spacial score (nSPS) is 9.71.